The lowest BCUT2D eigenvalue weighted by Crippen LogP contribution is -2.15. The van der Waals surface area contributed by atoms with Crippen LogP contribution in [-0.2, 0) is 5.41 Å². The summed E-state index contributed by atoms with van der Waals surface area (Å²) in [4.78, 5) is 15.1. The molecule has 3 nitrogen and oxygen atoms in total. The summed E-state index contributed by atoms with van der Waals surface area (Å²) in [5, 5.41) is 15.3. The van der Waals surface area contributed by atoms with E-state index in [4.69, 9.17) is 15.0 Å². The van der Waals surface area contributed by atoms with Crippen molar-refractivity contribution in [2.75, 3.05) is 0 Å². The Hall–Kier alpha value is -7.23. The second kappa shape index (κ2) is 11.9. The van der Waals surface area contributed by atoms with Gasteiger partial charge in [-0.25, -0.2) is 15.0 Å². The number of hydrogen-bond donors (Lipinski definition) is 0. The van der Waals surface area contributed by atoms with E-state index in [0.717, 1.165) is 16.7 Å². The summed E-state index contributed by atoms with van der Waals surface area (Å²) < 4.78 is 0. The highest BCUT2D eigenvalue weighted by Crippen LogP contribution is 2.53. The highest BCUT2D eigenvalue weighted by molar-refractivity contribution is 6.28. The van der Waals surface area contributed by atoms with Crippen LogP contribution in [0.1, 0.15) is 25.0 Å². The fourth-order valence-electron chi connectivity index (χ4n) is 9.65. The predicted molar refractivity (Wildman–Crippen MR) is 239 cm³/mol. The zero-order valence-corrected chi connectivity index (χ0v) is 31.6. The van der Waals surface area contributed by atoms with Crippen LogP contribution in [0.5, 0.6) is 0 Å². The maximum atomic E-state index is 5.08. The van der Waals surface area contributed by atoms with Crippen LogP contribution in [0, 0.1) is 0 Å². The van der Waals surface area contributed by atoms with Gasteiger partial charge in [-0.05, 0) is 117 Å². The van der Waals surface area contributed by atoms with Gasteiger partial charge in [0, 0.05) is 22.1 Å². The first-order valence-electron chi connectivity index (χ1n) is 19.7. The van der Waals surface area contributed by atoms with Gasteiger partial charge >= 0.3 is 0 Å². The van der Waals surface area contributed by atoms with Gasteiger partial charge in [-0.3, -0.25) is 0 Å². The third-order valence-electron chi connectivity index (χ3n) is 12.5. The second-order valence-corrected chi connectivity index (χ2v) is 15.9. The number of fused-ring (bicyclic) bond motifs is 15. The highest BCUT2D eigenvalue weighted by Gasteiger charge is 2.37. The van der Waals surface area contributed by atoms with Crippen LogP contribution in [0.25, 0.3) is 110 Å². The maximum Gasteiger partial charge on any atom is 0.164 e. The van der Waals surface area contributed by atoms with Crippen LogP contribution in [0.15, 0.2) is 176 Å². The standard InChI is InChI=1S/C54H35N3/c1-54(2)49-30-45-38-22-12-10-20-36(38)35-19-9-11-21-37(35)43(45)28-47(49)48-29-44-40-24-14-13-23-39(40)42-27-34(25-26-41(42)46(44)31-50(48)54)53-56-51(32-15-5-3-6-16-32)55-52(57-53)33-17-7-4-8-18-33/h3-31H,1-2H3. The zero-order valence-electron chi connectivity index (χ0n) is 31.6. The van der Waals surface area contributed by atoms with E-state index in [1.807, 2.05) is 36.4 Å². The van der Waals surface area contributed by atoms with Gasteiger partial charge in [0.05, 0.1) is 0 Å². The summed E-state index contributed by atoms with van der Waals surface area (Å²) in [6.07, 6.45) is 0. The Balaban J connectivity index is 1.10. The van der Waals surface area contributed by atoms with E-state index in [0.29, 0.717) is 17.5 Å². The molecule has 0 saturated heterocycles. The monoisotopic (exact) mass is 725 g/mol. The van der Waals surface area contributed by atoms with Gasteiger partial charge in [0.25, 0.3) is 0 Å². The molecule has 1 aliphatic rings. The Morgan fingerprint density at radius 3 is 1.02 bits per heavy atom. The Labute approximate surface area is 329 Å². The Morgan fingerprint density at radius 1 is 0.281 bits per heavy atom. The Kier molecular flexibility index (Phi) is 6.68. The van der Waals surface area contributed by atoms with Crippen LogP contribution in [0.2, 0.25) is 0 Å². The van der Waals surface area contributed by atoms with Gasteiger partial charge in [0.1, 0.15) is 0 Å². The largest absolute Gasteiger partial charge is 0.208 e. The quantitative estimate of drug-likeness (QED) is 0.170. The van der Waals surface area contributed by atoms with Crippen molar-refractivity contribution in [3.8, 4) is 45.3 Å². The van der Waals surface area contributed by atoms with E-state index < -0.39 is 0 Å². The summed E-state index contributed by atoms with van der Waals surface area (Å²) in [5.74, 6) is 1.98. The van der Waals surface area contributed by atoms with Crippen LogP contribution in [-0.4, -0.2) is 15.0 Å². The summed E-state index contributed by atoms with van der Waals surface area (Å²) >= 11 is 0. The predicted octanol–water partition coefficient (Wildman–Crippen LogP) is 14.1. The lowest BCUT2D eigenvalue weighted by Gasteiger charge is -2.23. The van der Waals surface area contributed by atoms with Crippen molar-refractivity contribution < 1.29 is 0 Å². The van der Waals surface area contributed by atoms with Gasteiger partial charge < -0.3 is 0 Å². The van der Waals surface area contributed by atoms with Crippen LogP contribution in [0.3, 0.4) is 0 Å². The molecule has 0 bridgehead atoms. The zero-order chi connectivity index (χ0) is 37.8. The molecule has 1 heterocycles. The Morgan fingerprint density at radius 2 is 0.596 bits per heavy atom. The van der Waals surface area contributed by atoms with Crippen molar-refractivity contribution >= 4 is 64.6 Å². The number of aromatic nitrogens is 3. The molecule has 1 aromatic heterocycles. The van der Waals surface area contributed by atoms with Crippen molar-refractivity contribution in [1.82, 2.24) is 15.0 Å². The van der Waals surface area contributed by atoms with Gasteiger partial charge in [0.15, 0.2) is 17.5 Å². The van der Waals surface area contributed by atoms with Crippen LogP contribution >= 0.6 is 0 Å². The number of rotatable bonds is 3. The average Bonchev–Trinajstić information content (AvgIpc) is 3.49. The van der Waals surface area contributed by atoms with Gasteiger partial charge in [-0.1, -0.05) is 159 Å². The summed E-state index contributed by atoms with van der Waals surface area (Å²) in [7, 11) is 0. The fraction of sp³-hybridized carbons (Fsp3) is 0.0556. The molecule has 0 spiro atoms. The third kappa shape index (κ3) is 4.69. The molecule has 0 N–H and O–H groups in total. The summed E-state index contributed by atoms with van der Waals surface area (Å²) in [6.45, 7) is 4.80. The van der Waals surface area contributed by atoms with Crippen LogP contribution < -0.4 is 0 Å². The molecule has 1 aliphatic carbocycles. The summed E-state index contributed by atoms with van der Waals surface area (Å²) in [6, 6.07) is 63.7. The maximum absolute atomic E-state index is 5.08. The molecule has 0 fully saturated rings. The molecule has 11 aromatic rings. The van der Waals surface area contributed by atoms with Crippen molar-refractivity contribution in [2.24, 2.45) is 0 Å². The molecule has 12 rings (SSSR count). The molecule has 0 amide bonds. The molecule has 266 valence electrons. The number of nitrogens with zero attached hydrogens (tertiary/aromatic N) is 3. The van der Waals surface area contributed by atoms with E-state index in [9.17, 15) is 0 Å². The Bertz CT molecular complexity index is 3420. The van der Waals surface area contributed by atoms with Gasteiger partial charge in [0.2, 0.25) is 0 Å². The van der Waals surface area contributed by atoms with E-state index in [1.165, 1.54) is 86.9 Å². The van der Waals surface area contributed by atoms with Crippen molar-refractivity contribution in [3.05, 3.63) is 187 Å². The average molecular weight is 726 g/mol. The van der Waals surface area contributed by atoms with E-state index in [2.05, 4.69) is 153 Å². The molecular weight excluding hydrogens is 691 g/mol. The van der Waals surface area contributed by atoms with Crippen LogP contribution in [0.4, 0.5) is 0 Å². The van der Waals surface area contributed by atoms with Crippen molar-refractivity contribution in [1.29, 1.82) is 0 Å². The highest BCUT2D eigenvalue weighted by atomic mass is 15.0. The van der Waals surface area contributed by atoms with E-state index in [1.54, 1.807) is 0 Å². The molecule has 0 atom stereocenters. The van der Waals surface area contributed by atoms with Crippen molar-refractivity contribution in [3.63, 3.8) is 0 Å². The lowest BCUT2D eigenvalue weighted by atomic mass is 9.80. The molecule has 57 heavy (non-hydrogen) atoms. The minimum Gasteiger partial charge on any atom is -0.208 e. The molecule has 0 saturated carbocycles. The first-order valence-corrected chi connectivity index (χ1v) is 19.7. The third-order valence-corrected chi connectivity index (χ3v) is 12.5. The first-order chi connectivity index (χ1) is 28.0. The molecule has 0 aliphatic heterocycles. The summed E-state index contributed by atoms with van der Waals surface area (Å²) in [5.41, 5.74) is 8.11. The van der Waals surface area contributed by atoms with E-state index >= 15 is 0 Å². The molecule has 10 aromatic carbocycles. The number of benzene rings is 10. The molecule has 0 radical (unpaired) electrons. The smallest absolute Gasteiger partial charge is 0.164 e. The number of hydrogen-bond acceptors (Lipinski definition) is 3. The van der Waals surface area contributed by atoms with E-state index in [-0.39, 0.29) is 5.41 Å². The SMILES string of the molecule is CC1(C)c2cc3c4ccccc4c4ccccc4c3cc2-c2cc3c4ccccc4c4cc(-c5nc(-c6ccccc6)nc(-c6ccccc6)n5)ccc4c3cc21. The topological polar surface area (TPSA) is 38.7 Å². The molecular formula is C54H35N3. The lowest BCUT2D eigenvalue weighted by molar-refractivity contribution is 0.662. The first kappa shape index (κ1) is 32.1. The molecule has 3 heteroatoms. The molecule has 0 unspecified atom stereocenters. The van der Waals surface area contributed by atoms with Crippen molar-refractivity contribution in [2.45, 2.75) is 19.3 Å². The normalized spacial score (nSPS) is 13.2. The van der Waals surface area contributed by atoms with Gasteiger partial charge in [-0.2, -0.15) is 0 Å². The minimum absolute atomic E-state index is 0.190. The second-order valence-electron chi connectivity index (χ2n) is 15.9. The van der Waals surface area contributed by atoms with Gasteiger partial charge in [-0.15, -0.1) is 0 Å². The fourth-order valence-corrected chi connectivity index (χ4v) is 9.65. The minimum atomic E-state index is -0.190.